The van der Waals surface area contributed by atoms with E-state index in [4.69, 9.17) is 4.74 Å². The fraction of sp³-hybridized carbons (Fsp3) is 0.588. The lowest BCUT2D eigenvalue weighted by molar-refractivity contribution is -0.247. The van der Waals surface area contributed by atoms with Crippen LogP contribution < -0.4 is 15.4 Å². The minimum atomic E-state index is -6.03. The van der Waals surface area contributed by atoms with Crippen LogP contribution in [0.5, 0.6) is 11.5 Å². The molecular formula is C34H44F8N2O4. The normalized spacial score (nSPS) is 14.3. The Labute approximate surface area is 275 Å². The Hall–Kier alpha value is -3.58. The van der Waals surface area contributed by atoms with Crippen molar-refractivity contribution in [3.05, 3.63) is 47.5 Å². The molecule has 0 fully saturated rings. The van der Waals surface area contributed by atoms with E-state index >= 15 is 0 Å². The third-order valence-electron chi connectivity index (χ3n) is 8.66. The van der Waals surface area contributed by atoms with E-state index in [1.807, 2.05) is 26.0 Å². The molecule has 2 unspecified atom stereocenters. The number of anilines is 2. The second kappa shape index (κ2) is 15.3. The summed E-state index contributed by atoms with van der Waals surface area (Å²) in [5.41, 5.74) is 0.677. The summed E-state index contributed by atoms with van der Waals surface area (Å²) in [7, 11) is 0. The topological polar surface area (TPSA) is 87.7 Å². The van der Waals surface area contributed by atoms with E-state index in [1.165, 1.54) is 5.32 Å². The van der Waals surface area contributed by atoms with E-state index in [0.717, 1.165) is 48.6 Å². The van der Waals surface area contributed by atoms with Crippen LogP contribution in [-0.2, 0) is 20.4 Å². The van der Waals surface area contributed by atoms with Crippen molar-refractivity contribution in [2.24, 2.45) is 0 Å². The van der Waals surface area contributed by atoms with Crippen LogP contribution in [0.1, 0.15) is 98.1 Å². The number of carbonyl (C=O) groups is 2. The maximum absolute atomic E-state index is 14.2. The number of nitrogens with one attached hydrogen (secondary N) is 2. The molecule has 0 spiro atoms. The molecule has 0 aromatic heterocycles. The highest BCUT2D eigenvalue weighted by molar-refractivity contribution is 5.99. The maximum Gasteiger partial charge on any atom is 0.392 e. The predicted octanol–water partition coefficient (Wildman–Crippen LogP) is 9.84. The number of rotatable bonds is 16. The van der Waals surface area contributed by atoms with Gasteiger partial charge in [-0.3, -0.25) is 9.59 Å². The van der Waals surface area contributed by atoms with Crippen molar-refractivity contribution in [2.45, 2.75) is 128 Å². The third kappa shape index (κ3) is 9.74. The van der Waals surface area contributed by atoms with Gasteiger partial charge in [-0.2, -0.15) is 30.7 Å². The zero-order valence-corrected chi connectivity index (χ0v) is 28.1. The summed E-state index contributed by atoms with van der Waals surface area (Å²) in [6.45, 7) is 14.5. The van der Waals surface area contributed by atoms with Gasteiger partial charge in [-0.25, -0.2) is 4.39 Å². The predicted molar refractivity (Wildman–Crippen MR) is 168 cm³/mol. The summed E-state index contributed by atoms with van der Waals surface area (Å²) < 4.78 is 113. The van der Waals surface area contributed by atoms with Crippen LogP contribution in [0.25, 0.3) is 0 Å². The van der Waals surface area contributed by atoms with Crippen LogP contribution in [-0.4, -0.2) is 47.2 Å². The number of aromatic hydroxyl groups is 1. The maximum atomic E-state index is 14.2. The highest BCUT2D eigenvalue weighted by Gasteiger charge is 2.67. The molecule has 270 valence electrons. The van der Waals surface area contributed by atoms with Gasteiger partial charge in [-0.1, -0.05) is 67.0 Å². The number of alkyl halides is 8. The van der Waals surface area contributed by atoms with Crippen LogP contribution in [0.3, 0.4) is 0 Å². The molecule has 2 aromatic rings. The smallest absolute Gasteiger partial charge is 0.392 e. The number of hydrogen-bond donors (Lipinski definition) is 3. The van der Waals surface area contributed by atoms with E-state index in [0.29, 0.717) is 18.6 Å². The molecule has 0 aliphatic heterocycles. The second-order valence-electron chi connectivity index (χ2n) is 13.1. The summed E-state index contributed by atoms with van der Waals surface area (Å²) in [6, 6.07) is 8.55. The fourth-order valence-corrected chi connectivity index (χ4v) is 4.58. The van der Waals surface area contributed by atoms with Gasteiger partial charge in [0, 0.05) is 17.3 Å². The van der Waals surface area contributed by atoms with Crippen LogP contribution in [0, 0.1) is 0 Å². The first kappa shape index (κ1) is 40.6. The lowest BCUT2D eigenvalue weighted by atomic mass is 9.76. The highest BCUT2D eigenvalue weighted by Crippen LogP contribution is 2.44. The van der Waals surface area contributed by atoms with Crippen molar-refractivity contribution in [3.8, 4) is 11.5 Å². The van der Waals surface area contributed by atoms with Gasteiger partial charge in [0.15, 0.2) is 12.3 Å². The number of carbonyl (C=O) groups excluding carboxylic acids is 2. The number of halogens is 8. The molecule has 2 rings (SSSR count). The van der Waals surface area contributed by atoms with Crippen molar-refractivity contribution in [1.29, 1.82) is 0 Å². The Morgan fingerprint density at radius 2 is 1.46 bits per heavy atom. The van der Waals surface area contributed by atoms with Crippen molar-refractivity contribution in [1.82, 2.24) is 0 Å². The Morgan fingerprint density at radius 3 is 1.98 bits per heavy atom. The van der Waals surface area contributed by atoms with Gasteiger partial charge >= 0.3 is 23.9 Å². The molecule has 0 radical (unpaired) electrons. The van der Waals surface area contributed by atoms with Crippen LogP contribution >= 0.6 is 0 Å². The van der Waals surface area contributed by atoms with Gasteiger partial charge in [0.25, 0.3) is 5.91 Å². The lowest BCUT2D eigenvalue weighted by Gasteiger charge is -2.31. The van der Waals surface area contributed by atoms with Gasteiger partial charge in [0.05, 0.1) is 12.1 Å². The minimum absolute atomic E-state index is 0.0826. The molecule has 2 atom stereocenters. The molecule has 0 aliphatic rings. The van der Waals surface area contributed by atoms with E-state index in [9.17, 15) is 49.8 Å². The first-order valence-electron chi connectivity index (χ1n) is 15.7. The van der Waals surface area contributed by atoms with Crippen LogP contribution in [0.4, 0.5) is 46.5 Å². The largest absolute Gasteiger partial charge is 0.506 e. The van der Waals surface area contributed by atoms with Gasteiger partial charge in [0.1, 0.15) is 11.5 Å². The first-order chi connectivity index (χ1) is 21.9. The Kier molecular flexibility index (Phi) is 13.0. The van der Waals surface area contributed by atoms with Crippen molar-refractivity contribution < 1.29 is 54.6 Å². The standard InChI is InChI=1S/C34H44F8N2O4/c1-8-11-12-26(48-25-16-13-20(30(4,5)9-2)17-22(25)31(6,7)10-3)28(46)43-21-14-15-23(24(45)18-21)44-29(47)34(41,42)33(39,40)27(35)19-32(36,37)38/h13-18,26-27,45H,8-12,19H2,1-7H3,(H,43,46)(H,44,47). The van der Waals surface area contributed by atoms with Gasteiger partial charge in [0.2, 0.25) is 0 Å². The van der Waals surface area contributed by atoms with E-state index in [-0.39, 0.29) is 16.5 Å². The molecular weight excluding hydrogens is 652 g/mol. The molecule has 6 nitrogen and oxygen atoms in total. The van der Waals surface area contributed by atoms with Crippen LogP contribution in [0.2, 0.25) is 0 Å². The average Bonchev–Trinajstić information content (AvgIpc) is 2.99. The zero-order valence-electron chi connectivity index (χ0n) is 28.1. The molecule has 48 heavy (non-hydrogen) atoms. The molecule has 0 aliphatic carbocycles. The number of amides is 2. The van der Waals surface area contributed by atoms with Crippen molar-refractivity contribution >= 4 is 23.2 Å². The molecule has 0 heterocycles. The molecule has 2 amide bonds. The monoisotopic (exact) mass is 696 g/mol. The molecule has 14 heteroatoms. The van der Waals surface area contributed by atoms with Crippen molar-refractivity contribution in [2.75, 3.05) is 10.6 Å². The van der Waals surface area contributed by atoms with Gasteiger partial charge in [-0.05, 0) is 60.3 Å². The molecule has 2 aromatic carbocycles. The van der Waals surface area contributed by atoms with Crippen molar-refractivity contribution in [3.63, 3.8) is 0 Å². The van der Waals surface area contributed by atoms with Gasteiger partial charge in [-0.15, -0.1) is 0 Å². The Bertz CT molecular complexity index is 1430. The summed E-state index contributed by atoms with van der Waals surface area (Å²) in [5, 5.41) is 14.1. The summed E-state index contributed by atoms with van der Waals surface area (Å²) in [5.74, 6) is -15.9. The molecule has 0 saturated carbocycles. The summed E-state index contributed by atoms with van der Waals surface area (Å²) in [4.78, 5) is 25.4. The number of phenols is 1. The molecule has 0 saturated heterocycles. The minimum Gasteiger partial charge on any atom is -0.506 e. The van der Waals surface area contributed by atoms with Crippen LogP contribution in [0.15, 0.2) is 36.4 Å². The summed E-state index contributed by atoms with van der Waals surface area (Å²) >= 11 is 0. The average molecular weight is 697 g/mol. The second-order valence-corrected chi connectivity index (χ2v) is 13.1. The van der Waals surface area contributed by atoms with Gasteiger partial charge < -0.3 is 20.5 Å². The quantitative estimate of drug-likeness (QED) is 0.121. The summed E-state index contributed by atoms with van der Waals surface area (Å²) in [6.07, 6.45) is -10.5. The third-order valence-corrected chi connectivity index (χ3v) is 8.66. The molecule has 3 N–H and O–H groups in total. The number of phenolic OH excluding ortho intramolecular Hbond substituents is 1. The van der Waals surface area contributed by atoms with E-state index < -0.39 is 60.0 Å². The number of hydrogen-bond acceptors (Lipinski definition) is 4. The first-order valence-corrected chi connectivity index (χ1v) is 15.7. The lowest BCUT2D eigenvalue weighted by Crippen LogP contribution is -2.55. The fourth-order valence-electron chi connectivity index (χ4n) is 4.58. The Balaban J connectivity index is 2.31. The number of ether oxygens (including phenoxy) is 1. The van der Waals surface area contributed by atoms with E-state index in [1.54, 1.807) is 0 Å². The zero-order chi connectivity index (χ0) is 36.9. The number of unbranched alkanes of at least 4 members (excludes halogenated alkanes) is 1. The SMILES string of the molecule is CCCCC(Oc1ccc(C(C)(C)CC)cc1C(C)(C)CC)C(=O)Nc1ccc(NC(=O)C(F)(F)C(F)(F)C(F)CC(F)(F)F)c(O)c1. The van der Waals surface area contributed by atoms with E-state index in [2.05, 4.69) is 46.0 Å². The highest BCUT2D eigenvalue weighted by atomic mass is 19.4. The Morgan fingerprint density at radius 1 is 0.854 bits per heavy atom. The number of benzene rings is 2. The molecule has 0 bridgehead atoms.